The zero-order chi connectivity index (χ0) is 10.1. The largest absolute Gasteiger partial charge is 0.387 e. The van der Waals surface area contributed by atoms with Crippen LogP contribution in [0.5, 0.6) is 0 Å². The Bertz CT molecular complexity index is 400. The van der Waals surface area contributed by atoms with Crippen molar-refractivity contribution in [1.82, 2.24) is 4.98 Å². The van der Waals surface area contributed by atoms with E-state index in [4.69, 9.17) is 10.2 Å². The first-order valence-electron chi connectivity index (χ1n) is 3.59. The van der Waals surface area contributed by atoms with Crippen molar-refractivity contribution in [2.75, 3.05) is 0 Å². The normalized spacial score (nSPS) is 14.1. The van der Waals surface area contributed by atoms with E-state index in [1.54, 1.807) is 0 Å². The molecular formula is C7H10N2O3S. The SMILES string of the molecule is CC(O)c1cccc(S(N)(=O)=O)n1. The number of aromatic nitrogens is 1. The average molecular weight is 202 g/mol. The lowest BCUT2D eigenvalue weighted by molar-refractivity contribution is 0.193. The second kappa shape index (κ2) is 3.41. The smallest absolute Gasteiger partial charge is 0.255 e. The van der Waals surface area contributed by atoms with Gasteiger partial charge in [-0.25, -0.2) is 18.5 Å². The van der Waals surface area contributed by atoms with E-state index in [0.29, 0.717) is 0 Å². The summed E-state index contributed by atoms with van der Waals surface area (Å²) in [4.78, 5) is 3.68. The minimum absolute atomic E-state index is 0.231. The molecule has 0 aliphatic rings. The monoisotopic (exact) mass is 202 g/mol. The van der Waals surface area contributed by atoms with Crippen LogP contribution in [-0.2, 0) is 10.0 Å². The number of sulfonamides is 1. The summed E-state index contributed by atoms with van der Waals surface area (Å²) in [6.07, 6.45) is -0.804. The molecule has 13 heavy (non-hydrogen) atoms. The van der Waals surface area contributed by atoms with E-state index in [-0.39, 0.29) is 10.7 Å². The molecule has 72 valence electrons. The number of nitrogens with two attached hydrogens (primary N) is 1. The third kappa shape index (κ3) is 2.48. The minimum atomic E-state index is -3.78. The molecule has 0 fully saturated rings. The van der Waals surface area contributed by atoms with Crippen molar-refractivity contribution in [3.05, 3.63) is 23.9 Å². The topological polar surface area (TPSA) is 93.3 Å². The maximum Gasteiger partial charge on any atom is 0.255 e. The van der Waals surface area contributed by atoms with E-state index in [0.717, 1.165) is 0 Å². The first-order chi connectivity index (χ1) is 5.91. The molecule has 0 saturated carbocycles. The van der Waals surface area contributed by atoms with Gasteiger partial charge in [0.05, 0.1) is 11.8 Å². The molecule has 0 aliphatic carbocycles. The van der Waals surface area contributed by atoms with E-state index in [1.165, 1.54) is 25.1 Å². The van der Waals surface area contributed by atoms with E-state index in [2.05, 4.69) is 4.98 Å². The Kier molecular flexibility index (Phi) is 2.65. The van der Waals surface area contributed by atoms with Gasteiger partial charge < -0.3 is 5.11 Å². The third-order valence-corrected chi connectivity index (χ3v) is 2.28. The van der Waals surface area contributed by atoms with Gasteiger partial charge in [-0.2, -0.15) is 0 Å². The molecule has 0 amide bonds. The standard InChI is InChI=1S/C7H10N2O3S/c1-5(10)6-3-2-4-7(9-6)13(8,11)12/h2-5,10H,1H3,(H2,8,11,12). The number of nitrogens with zero attached hydrogens (tertiary/aromatic N) is 1. The van der Waals surface area contributed by atoms with Crippen LogP contribution in [0.2, 0.25) is 0 Å². The molecule has 1 aromatic rings. The van der Waals surface area contributed by atoms with Crippen LogP contribution in [0.15, 0.2) is 23.2 Å². The summed E-state index contributed by atoms with van der Waals surface area (Å²) in [6, 6.07) is 4.29. The molecule has 1 heterocycles. The fourth-order valence-electron chi connectivity index (χ4n) is 0.822. The Labute approximate surface area is 76.3 Å². The summed E-state index contributed by atoms with van der Waals surface area (Å²) in [6.45, 7) is 1.50. The fraction of sp³-hybridized carbons (Fsp3) is 0.286. The second-order valence-electron chi connectivity index (χ2n) is 2.62. The van der Waals surface area contributed by atoms with Gasteiger partial charge in [0.15, 0.2) is 5.03 Å². The molecule has 0 spiro atoms. The van der Waals surface area contributed by atoms with E-state index in [1.807, 2.05) is 0 Å². The lowest BCUT2D eigenvalue weighted by Crippen LogP contribution is -2.14. The Morgan fingerprint density at radius 2 is 2.15 bits per heavy atom. The third-order valence-electron chi connectivity index (χ3n) is 1.46. The minimum Gasteiger partial charge on any atom is -0.387 e. The second-order valence-corrected chi connectivity index (χ2v) is 4.13. The van der Waals surface area contributed by atoms with Gasteiger partial charge in [-0.15, -0.1) is 0 Å². The number of aliphatic hydroxyl groups excluding tert-OH is 1. The van der Waals surface area contributed by atoms with Gasteiger partial charge in [0.1, 0.15) is 0 Å². The van der Waals surface area contributed by atoms with Crippen molar-refractivity contribution in [2.45, 2.75) is 18.1 Å². The van der Waals surface area contributed by atoms with Crippen LogP contribution in [0.3, 0.4) is 0 Å². The van der Waals surface area contributed by atoms with Crippen molar-refractivity contribution in [3.8, 4) is 0 Å². The van der Waals surface area contributed by atoms with Crippen LogP contribution in [0, 0.1) is 0 Å². The Hall–Kier alpha value is -0.980. The van der Waals surface area contributed by atoms with Gasteiger partial charge in [-0.05, 0) is 19.1 Å². The van der Waals surface area contributed by atoms with E-state index in [9.17, 15) is 8.42 Å². The van der Waals surface area contributed by atoms with Crippen molar-refractivity contribution in [1.29, 1.82) is 0 Å². The summed E-state index contributed by atoms with van der Waals surface area (Å²) >= 11 is 0. The van der Waals surface area contributed by atoms with E-state index < -0.39 is 16.1 Å². The molecule has 3 N–H and O–H groups in total. The molecule has 1 rings (SSSR count). The Balaban J connectivity index is 3.21. The quantitative estimate of drug-likeness (QED) is 0.693. The van der Waals surface area contributed by atoms with Gasteiger partial charge in [0.25, 0.3) is 10.0 Å². The highest BCUT2D eigenvalue weighted by Gasteiger charge is 2.11. The first kappa shape index (κ1) is 10.1. The summed E-state index contributed by atoms with van der Waals surface area (Å²) in [7, 11) is -3.78. The van der Waals surface area contributed by atoms with Crippen LogP contribution in [0.1, 0.15) is 18.7 Å². The van der Waals surface area contributed by atoms with Crippen LogP contribution in [0.25, 0.3) is 0 Å². The first-order valence-corrected chi connectivity index (χ1v) is 5.13. The lowest BCUT2D eigenvalue weighted by atomic mass is 10.2. The molecule has 1 aromatic heterocycles. The average Bonchev–Trinajstić information content (AvgIpc) is 2.03. The Morgan fingerprint density at radius 3 is 2.62 bits per heavy atom. The zero-order valence-electron chi connectivity index (χ0n) is 7.01. The molecular weight excluding hydrogens is 192 g/mol. The van der Waals surface area contributed by atoms with Gasteiger partial charge in [0, 0.05) is 0 Å². The van der Waals surface area contributed by atoms with Crippen LogP contribution in [0.4, 0.5) is 0 Å². The maximum absolute atomic E-state index is 10.8. The lowest BCUT2D eigenvalue weighted by Gasteiger charge is -2.04. The van der Waals surface area contributed by atoms with Crippen molar-refractivity contribution in [3.63, 3.8) is 0 Å². The van der Waals surface area contributed by atoms with Crippen LogP contribution < -0.4 is 5.14 Å². The van der Waals surface area contributed by atoms with Gasteiger partial charge >= 0.3 is 0 Å². The maximum atomic E-state index is 10.8. The summed E-state index contributed by atoms with van der Waals surface area (Å²) < 4.78 is 21.7. The summed E-state index contributed by atoms with van der Waals surface area (Å²) in [5.41, 5.74) is 0.284. The number of hydrogen-bond donors (Lipinski definition) is 2. The fourth-order valence-corrected chi connectivity index (χ4v) is 1.32. The predicted molar refractivity (Wildman–Crippen MR) is 46.2 cm³/mol. The number of primary sulfonamides is 1. The highest BCUT2D eigenvalue weighted by molar-refractivity contribution is 7.89. The van der Waals surface area contributed by atoms with Crippen LogP contribution >= 0.6 is 0 Å². The molecule has 5 nitrogen and oxygen atoms in total. The molecule has 0 bridgehead atoms. The Morgan fingerprint density at radius 1 is 1.54 bits per heavy atom. The molecule has 0 aliphatic heterocycles. The number of rotatable bonds is 2. The van der Waals surface area contributed by atoms with Crippen LogP contribution in [-0.4, -0.2) is 18.5 Å². The highest BCUT2D eigenvalue weighted by Crippen LogP contribution is 2.11. The molecule has 1 unspecified atom stereocenters. The van der Waals surface area contributed by atoms with Gasteiger partial charge in [0.2, 0.25) is 0 Å². The zero-order valence-corrected chi connectivity index (χ0v) is 7.82. The highest BCUT2D eigenvalue weighted by atomic mass is 32.2. The van der Waals surface area contributed by atoms with Gasteiger partial charge in [-0.1, -0.05) is 6.07 Å². The predicted octanol–water partition coefficient (Wildman–Crippen LogP) is -0.218. The number of pyridine rings is 1. The molecule has 1 atom stereocenters. The number of hydrogen-bond acceptors (Lipinski definition) is 4. The number of aliphatic hydroxyl groups is 1. The van der Waals surface area contributed by atoms with E-state index >= 15 is 0 Å². The summed E-state index contributed by atoms with van der Waals surface area (Å²) in [5.74, 6) is 0. The summed E-state index contributed by atoms with van der Waals surface area (Å²) in [5, 5.41) is 13.7. The van der Waals surface area contributed by atoms with Crippen molar-refractivity contribution >= 4 is 10.0 Å². The molecule has 6 heteroatoms. The molecule has 0 radical (unpaired) electrons. The van der Waals surface area contributed by atoms with Gasteiger partial charge in [-0.3, -0.25) is 0 Å². The molecule has 0 saturated heterocycles. The molecule has 0 aromatic carbocycles. The van der Waals surface area contributed by atoms with Crippen molar-refractivity contribution < 1.29 is 13.5 Å². The van der Waals surface area contributed by atoms with Crippen molar-refractivity contribution in [2.24, 2.45) is 5.14 Å².